The van der Waals surface area contributed by atoms with Crippen LogP contribution in [0.1, 0.15) is 23.1 Å². The van der Waals surface area contributed by atoms with Crippen LogP contribution in [0.15, 0.2) is 18.7 Å². The van der Waals surface area contributed by atoms with Gasteiger partial charge in [-0.2, -0.15) is 5.10 Å². The second kappa shape index (κ2) is 9.78. The Bertz CT molecular complexity index is 1390. The van der Waals surface area contributed by atoms with Crippen molar-refractivity contribution in [2.45, 2.75) is 20.6 Å². The fourth-order valence-electron chi connectivity index (χ4n) is 3.96. The van der Waals surface area contributed by atoms with Gasteiger partial charge in [-0.25, -0.2) is 19.2 Å². The summed E-state index contributed by atoms with van der Waals surface area (Å²) < 4.78 is 24.0. The van der Waals surface area contributed by atoms with Crippen molar-refractivity contribution >= 4 is 36.3 Å². The number of aryl methyl sites for hydroxylation is 1. The number of amides is 2. The fraction of sp³-hybridized carbons (Fsp3) is 0.400. The third kappa shape index (κ3) is 4.99. The molecule has 4 rings (SSSR count). The van der Waals surface area contributed by atoms with Crippen molar-refractivity contribution in [1.29, 1.82) is 0 Å². The molecule has 16 heteroatoms. The molecule has 192 valence electrons. The van der Waals surface area contributed by atoms with Gasteiger partial charge in [-0.15, -0.1) is 0 Å². The SMILES string of the molecule is COc1cnc(-n2cnc(C)n2)c2c1c(C(=O)C(=O)N1CCN(C(C)=O)CC1)cn2COP(=O)(O)O. The Hall–Kier alpha value is -3.65. The number of aromatic nitrogens is 5. The molecule has 0 aliphatic carbocycles. The second-order valence-corrected chi connectivity index (χ2v) is 9.24. The number of methoxy groups -OCH3 is 1. The molecule has 36 heavy (non-hydrogen) atoms. The number of carbonyl (C=O) groups is 3. The Morgan fingerprint density at radius 3 is 2.33 bits per heavy atom. The molecular formula is C20H24N7O8P. The van der Waals surface area contributed by atoms with Crippen LogP contribution >= 0.6 is 7.82 Å². The zero-order chi connectivity index (χ0) is 26.2. The molecule has 15 nitrogen and oxygen atoms in total. The van der Waals surface area contributed by atoms with E-state index >= 15 is 0 Å². The maximum absolute atomic E-state index is 13.4. The van der Waals surface area contributed by atoms with Crippen LogP contribution in [-0.2, 0) is 25.4 Å². The van der Waals surface area contributed by atoms with E-state index in [0.717, 1.165) is 0 Å². The van der Waals surface area contributed by atoms with E-state index in [9.17, 15) is 28.7 Å². The van der Waals surface area contributed by atoms with Crippen LogP contribution in [0.25, 0.3) is 16.7 Å². The maximum Gasteiger partial charge on any atom is 0.471 e. The quantitative estimate of drug-likeness (QED) is 0.240. The standard InChI is InChI=1S/C20H24N7O8P/c1-12-22-10-27(23-12)19-17-16(15(34-3)8-21-19)14(9-26(17)11-35-36(31,32)33)18(29)20(30)25-6-4-24(5-7-25)13(2)28/h8-10H,4-7,11H2,1-3H3,(H2,31,32,33). The topological polar surface area (TPSA) is 182 Å². The van der Waals surface area contributed by atoms with Crippen LogP contribution in [0.4, 0.5) is 0 Å². The lowest BCUT2D eigenvalue weighted by atomic mass is 10.1. The van der Waals surface area contributed by atoms with E-state index in [1.54, 1.807) is 11.8 Å². The molecule has 2 amide bonds. The highest BCUT2D eigenvalue weighted by Crippen LogP contribution is 2.39. The summed E-state index contributed by atoms with van der Waals surface area (Å²) in [5.74, 6) is -1.02. The normalized spacial score (nSPS) is 14.4. The number of pyridine rings is 1. The summed E-state index contributed by atoms with van der Waals surface area (Å²) >= 11 is 0. The molecule has 2 N–H and O–H groups in total. The highest BCUT2D eigenvalue weighted by Gasteiger charge is 2.32. The van der Waals surface area contributed by atoms with E-state index in [4.69, 9.17) is 4.74 Å². The van der Waals surface area contributed by atoms with Crippen molar-refractivity contribution in [2.24, 2.45) is 0 Å². The van der Waals surface area contributed by atoms with E-state index in [1.165, 1.54) is 46.9 Å². The lowest BCUT2D eigenvalue weighted by Crippen LogP contribution is -2.51. The monoisotopic (exact) mass is 521 g/mol. The maximum atomic E-state index is 13.4. The Morgan fingerprint density at radius 1 is 1.11 bits per heavy atom. The van der Waals surface area contributed by atoms with Gasteiger partial charge in [0.1, 0.15) is 30.1 Å². The number of carbonyl (C=O) groups excluding carboxylic acids is 3. The molecular weight excluding hydrogens is 497 g/mol. The van der Waals surface area contributed by atoms with E-state index < -0.39 is 26.2 Å². The molecule has 0 radical (unpaired) electrons. The third-order valence-corrected chi connectivity index (χ3v) is 6.15. The average molecular weight is 521 g/mol. The highest BCUT2D eigenvalue weighted by molar-refractivity contribution is 7.46. The summed E-state index contributed by atoms with van der Waals surface area (Å²) in [7, 11) is -3.52. The number of piperazine rings is 1. The molecule has 1 saturated heterocycles. The van der Waals surface area contributed by atoms with Gasteiger partial charge in [0.05, 0.1) is 24.3 Å². The van der Waals surface area contributed by atoms with Crippen molar-refractivity contribution < 1.29 is 38.0 Å². The van der Waals surface area contributed by atoms with Gasteiger partial charge in [-0.3, -0.25) is 18.9 Å². The average Bonchev–Trinajstić information content (AvgIpc) is 3.45. The van der Waals surface area contributed by atoms with E-state index in [2.05, 4.69) is 19.6 Å². The Morgan fingerprint density at radius 2 is 1.78 bits per heavy atom. The van der Waals surface area contributed by atoms with Crippen LogP contribution in [0.5, 0.6) is 5.75 Å². The van der Waals surface area contributed by atoms with Gasteiger partial charge in [0, 0.05) is 39.3 Å². The molecule has 3 aromatic rings. The molecule has 3 aromatic heterocycles. The van der Waals surface area contributed by atoms with Crippen molar-refractivity contribution in [1.82, 2.24) is 34.1 Å². The minimum absolute atomic E-state index is 0.0735. The smallest absolute Gasteiger partial charge is 0.471 e. The largest absolute Gasteiger partial charge is 0.494 e. The number of phosphoric acid groups is 1. The molecule has 0 bridgehead atoms. The molecule has 1 aliphatic heterocycles. The molecule has 0 aromatic carbocycles. The minimum Gasteiger partial charge on any atom is -0.494 e. The number of Topliss-reactive ketones (excluding diaryl/α,β-unsaturated/α-hetero) is 1. The van der Waals surface area contributed by atoms with Crippen LogP contribution in [0.3, 0.4) is 0 Å². The molecule has 0 saturated carbocycles. The van der Waals surface area contributed by atoms with Gasteiger partial charge in [-0.05, 0) is 6.92 Å². The van der Waals surface area contributed by atoms with Gasteiger partial charge in [0.2, 0.25) is 5.91 Å². The summed E-state index contributed by atoms with van der Waals surface area (Å²) in [6.07, 6.45) is 3.98. The molecule has 0 spiro atoms. The number of ether oxygens (including phenoxy) is 1. The van der Waals surface area contributed by atoms with Crippen LogP contribution in [0, 0.1) is 6.92 Å². The molecule has 0 unspecified atom stereocenters. The number of rotatable bonds is 7. The summed E-state index contributed by atoms with van der Waals surface area (Å²) in [6, 6.07) is 0. The minimum atomic E-state index is -4.88. The zero-order valence-corrected chi connectivity index (χ0v) is 20.6. The third-order valence-electron chi connectivity index (χ3n) is 5.70. The van der Waals surface area contributed by atoms with E-state index in [1.807, 2.05) is 0 Å². The van der Waals surface area contributed by atoms with Gasteiger partial charge < -0.3 is 28.9 Å². The van der Waals surface area contributed by atoms with Gasteiger partial charge in [0.25, 0.3) is 11.7 Å². The van der Waals surface area contributed by atoms with E-state index in [-0.39, 0.29) is 47.0 Å². The lowest BCUT2D eigenvalue weighted by molar-refractivity contribution is -0.135. The van der Waals surface area contributed by atoms with Gasteiger partial charge >= 0.3 is 7.82 Å². The molecule has 1 fully saturated rings. The fourth-order valence-corrected chi connectivity index (χ4v) is 4.23. The van der Waals surface area contributed by atoms with Gasteiger partial charge in [0.15, 0.2) is 5.82 Å². The summed E-state index contributed by atoms with van der Waals surface area (Å²) in [6.45, 7) is 3.41. The molecule has 0 atom stereocenters. The lowest BCUT2D eigenvalue weighted by Gasteiger charge is -2.33. The van der Waals surface area contributed by atoms with E-state index in [0.29, 0.717) is 18.9 Å². The zero-order valence-electron chi connectivity index (χ0n) is 19.7. The molecule has 1 aliphatic rings. The number of hydrogen-bond donors (Lipinski definition) is 2. The predicted octanol–water partition coefficient (Wildman–Crippen LogP) is -0.126. The first-order valence-electron chi connectivity index (χ1n) is 10.7. The Labute approximate surface area is 204 Å². The molecule has 4 heterocycles. The first-order valence-corrected chi connectivity index (χ1v) is 12.3. The van der Waals surface area contributed by atoms with Crippen molar-refractivity contribution in [3.8, 4) is 11.6 Å². The summed E-state index contributed by atoms with van der Waals surface area (Å²) in [5, 5.41) is 4.41. The first kappa shape index (κ1) is 25.4. The Balaban J connectivity index is 1.81. The first-order chi connectivity index (χ1) is 17.0. The second-order valence-electron chi connectivity index (χ2n) is 8.00. The number of nitrogens with zero attached hydrogens (tertiary/aromatic N) is 7. The number of phosphoric ester groups is 1. The van der Waals surface area contributed by atoms with Crippen molar-refractivity contribution in [2.75, 3.05) is 33.3 Å². The number of fused-ring (bicyclic) bond motifs is 1. The van der Waals surface area contributed by atoms with Crippen molar-refractivity contribution in [3.05, 3.63) is 30.1 Å². The Kier molecular flexibility index (Phi) is 6.91. The summed E-state index contributed by atoms with van der Waals surface area (Å²) in [5.41, 5.74) is 0.112. The number of ketones is 1. The van der Waals surface area contributed by atoms with Crippen LogP contribution in [-0.4, -0.2) is 94.8 Å². The van der Waals surface area contributed by atoms with Crippen LogP contribution in [0.2, 0.25) is 0 Å². The number of hydrogen-bond acceptors (Lipinski definition) is 9. The summed E-state index contributed by atoms with van der Waals surface area (Å²) in [4.78, 5) is 67.9. The predicted molar refractivity (Wildman–Crippen MR) is 122 cm³/mol. The highest BCUT2D eigenvalue weighted by atomic mass is 31.2. The van der Waals surface area contributed by atoms with Gasteiger partial charge in [-0.1, -0.05) is 0 Å². The van der Waals surface area contributed by atoms with Crippen molar-refractivity contribution in [3.63, 3.8) is 0 Å². The van der Waals surface area contributed by atoms with Crippen LogP contribution < -0.4 is 4.74 Å².